The number of carbonyl (C=O) groups is 2. The van der Waals surface area contributed by atoms with Gasteiger partial charge in [-0.15, -0.1) is 24.8 Å². The number of hydrogen-bond donors (Lipinski definition) is 3. The highest BCUT2D eigenvalue weighted by molar-refractivity contribution is 5.90. The Balaban J connectivity index is 0.00000364. The van der Waals surface area contributed by atoms with E-state index in [1.54, 1.807) is 0 Å². The van der Waals surface area contributed by atoms with E-state index in [-0.39, 0.29) is 48.6 Å². The molecule has 0 aliphatic carbocycles. The van der Waals surface area contributed by atoms with E-state index >= 15 is 0 Å². The largest absolute Gasteiger partial charge is 0.379 e. The number of hydrogen-bond acceptors (Lipinski definition) is 5. The molecule has 1 fully saturated rings. The van der Waals surface area contributed by atoms with Crippen molar-refractivity contribution in [2.24, 2.45) is 11.7 Å². The Kier molecular flexibility index (Phi) is 13.1. The number of anilines is 1. The molecular formula is C19H32Cl2N4O3. The quantitative estimate of drug-likeness (QED) is 0.579. The number of carbonyl (C=O) groups excluding carboxylic acids is 2. The highest BCUT2D eigenvalue weighted by Gasteiger charge is 2.16. The van der Waals surface area contributed by atoms with Gasteiger partial charge in [-0.1, -0.05) is 19.1 Å². The predicted octanol–water partition coefficient (Wildman–Crippen LogP) is 1.79. The second-order valence-corrected chi connectivity index (χ2v) is 6.82. The molecule has 2 unspecified atom stereocenters. The summed E-state index contributed by atoms with van der Waals surface area (Å²) in [7, 11) is 0. The maximum atomic E-state index is 12.1. The van der Waals surface area contributed by atoms with Gasteiger partial charge >= 0.3 is 0 Å². The Bertz CT molecular complexity index is 611. The number of nitrogens with zero attached hydrogens (tertiary/aromatic N) is 1. The maximum absolute atomic E-state index is 12.1. The average Bonchev–Trinajstić information content (AvgIpc) is 2.65. The van der Waals surface area contributed by atoms with Crippen molar-refractivity contribution in [2.75, 3.05) is 38.2 Å². The molecule has 2 amide bonds. The number of benzene rings is 1. The average molecular weight is 435 g/mol. The minimum atomic E-state index is -0.238. The van der Waals surface area contributed by atoms with Crippen molar-refractivity contribution in [1.82, 2.24) is 10.2 Å². The number of rotatable bonds is 8. The predicted molar refractivity (Wildman–Crippen MR) is 116 cm³/mol. The van der Waals surface area contributed by atoms with Crippen molar-refractivity contribution in [3.63, 3.8) is 0 Å². The van der Waals surface area contributed by atoms with Crippen molar-refractivity contribution in [3.05, 3.63) is 29.8 Å². The van der Waals surface area contributed by atoms with Gasteiger partial charge in [-0.3, -0.25) is 14.5 Å². The number of nitrogens with two attached hydrogens (primary N) is 1. The zero-order valence-corrected chi connectivity index (χ0v) is 18.1. The van der Waals surface area contributed by atoms with Crippen LogP contribution < -0.4 is 16.4 Å². The first kappa shape index (κ1) is 26.6. The fourth-order valence-corrected chi connectivity index (χ4v) is 2.66. The van der Waals surface area contributed by atoms with Crippen LogP contribution in [0.25, 0.3) is 0 Å². The molecule has 1 aromatic carbocycles. The smallest absolute Gasteiger partial charge is 0.225 e. The monoisotopic (exact) mass is 434 g/mol. The van der Waals surface area contributed by atoms with Crippen LogP contribution in [-0.2, 0) is 20.9 Å². The Labute approximate surface area is 179 Å². The lowest BCUT2D eigenvalue weighted by Gasteiger charge is -2.26. The lowest BCUT2D eigenvalue weighted by atomic mass is 10.0. The van der Waals surface area contributed by atoms with Crippen LogP contribution in [0, 0.1) is 5.92 Å². The molecule has 28 heavy (non-hydrogen) atoms. The van der Waals surface area contributed by atoms with E-state index in [4.69, 9.17) is 10.5 Å². The van der Waals surface area contributed by atoms with E-state index in [2.05, 4.69) is 15.5 Å². The third kappa shape index (κ3) is 9.21. The molecule has 1 aliphatic heterocycles. The second kappa shape index (κ2) is 13.7. The molecule has 2 atom stereocenters. The first-order chi connectivity index (χ1) is 12.5. The summed E-state index contributed by atoms with van der Waals surface area (Å²) in [6.07, 6.45) is 0.451. The zero-order chi connectivity index (χ0) is 18.9. The van der Waals surface area contributed by atoms with Gasteiger partial charge in [0.15, 0.2) is 0 Å². The third-order valence-electron chi connectivity index (χ3n) is 4.64. The minimum Gasteiger partial charge on any atom is -0.379 e. The Morgan fingerprint density at radius 3 is 2.54 bits per heavy atom. The summed E-state index contributed by atoms with van der Waals surface area (Å²) in [6, 6.07) is 7.33. The molecule has 9 heteroatoms. The van der Waals surface area contributed by atoms with Crippen LogP contribution in [-0.4, -0.2) is 55.6 Å². The van der Waals surface area contributed by atoms with Crippen molar-refractivity contribution < 1.29 is 14.3 Å². The summed E-state index contributed by atoms with van der Waals surface area (Å²) in [6.45, 7) is 7.99. The summed E-state index contributed by atoms with van der Waals surface area (Å²) in [5.41, 5.74) is 7.42. The summed E-state index contributed by atoms with van der Waals surface area (Å²) in [4.78, 5) is 26.4. The highest BCUT2D eigenvalue weighted by atomic mass is 35.5. The molecule has 0 radical (unpaired) electrons. The Hall–Kier alpha value is -1.38. The van der Waals surface area contributed by atoms with Crippen LogP contribution in [0.5, 0.6) is 0 Å². The van der Waals surface area contributed by atoms with E-state index in [1.165, 1.54) is 0 Å². The molecule has 0 aromatic heterocycles. The number of amides is 2. The van der Waals surface area contributed by atoms with Crippen molar-refractivity contribution in [2.45, 2.75) is 32.9 Å². The maximum Gasteiger partial charge on any atom is 0.225 e. The van der Waals surface area contributed by atoms with Gasteiger partial charge in [-0.2, -0.15) is 0 Å². The molecule has 1 heterocycles. The first-order valence-corrected chi connectivity index (χ1v) is 9.18. The number of nitrogens with one attached hydrogen (secondary N) is 2. The molecule has 4 N–H and O–H groups in total. The van der Waals surface area contributed by atoms with Crippen molar-refractivity contribution >= 4 is 42.3 Å². The summed E-state index contributed by atoms with van der Waals surface area (Å²) in [5, 5.41) is 5.80. The van der Waals surface area contributed by atoms with Crippen LogP contribution in [0.4, 0.5) is 5.69 Å². The second-order valence-electron chi connectivity index (χ2n) is 6.82. The molecule has 160 valence electrons. The fourth-order valence-electron chi connectivity index (χ4n) is 2.66. The van der Waals surface area contributed by atoms with E-state index in [1.807, 2.05) is 38.1 Å². The standard InChI is InChI=1S/C19H30N4O3.2ClH/c1-14(15(2)20)19(25)21-13-16-4-3-5-17(12-16)22-18(24)6-7-23-8-10-26-11-9-23;;/h3-5,12,14-15H,6-11,13,20H2,1-2H3,(H,21,25)(H,22,24);2*1H. The van der Waals surface area contributed by atoms with Crippen molar-refractivity contribution in [1.29, 1.82) is 0 Å². The molecule has 2 rings (SSSR count). The van der Waals surface area contributed by atoms with Gasteiger partial charge in [0.05, 0.1) is 13.2 Å². The summed E-state index contributed by atoms with van der Waals surface area (Å²) < 4.78 is 5.30. The van der Waals surface area contributed by atoms with E-state index in [9.17, 15) is 9.59 Å². The third-order valence-corrected chi connectivity index (χ3v) is 4.64. The lowest BCUT2D eigenvalue weighted by molar-refractivity contribution is -0.125. The van der Waals surface area contributed by atoms with Gasteiger partial charge in [-0.25, -0.2) is 0 Å². The zero-order valence-electron chi connectivity index (χ0n) is 16.5. The minimum absolute atomic E-state index is 0. The van der Waals surface area contributed by atoms with Crippen LogP contribution >= 0.6 is 24.8 Å². The van der Waals surface area contributed by atoms with Gasteiger partial charge in [0.1, 0.15) is 0 Å². The molecular weight excluding hydrogens is 403 g/mol. The molecule has 0 bridgehead atoms. The van der Waals surface area contributed by atoms with Gasteiger partial charge < -0.3 is 21.1 Å². The molecule has 7 nitrogen and oxygen atoms in total. The molecule has 0 saturated carbocycles. The molecule has 0 spiro atoms. The highest BCUT2D eigenvalue weighted by Crippen LogP contribution is 2.12. The number of morpholine rings is 1. The van der Waals surface area contributed by atoms with E-state index in [0.29, 0.717) is 13.0 Å². The summed E-state index contributed by atoms with van der Waals surface area (Å²) >= 11 is 0. The molecule has 1 aliphatic rings. The number of ether oxygens (including phenoxy) is 1. The first-order valence-electron chi connectivity index (χ1n) is 9.18. The van der Waals surface area contributed by atoms with Crippen molar-refractivity contribution in [3.8, 4) is 0 Å². The number of halogens is 2. The van der Waals surface area contributed by atoms with E-state index < -0.39 is 0 Å². The lowest BCUT2D eigenvalue weighted by Crippen LogP contribution is -2.38. The Morgan fingerprint density at radius 1 is 1.21 bits per heavy atom. The van der Waals surface area contributed by atoms with Crippen LogP contribution in [0.1, 0.15) is 25.8 Å². The van der Waals surface area contributed by atoms with Crippen LogP contribution in [0.2, 0.25) is 0 Å². The van der Waals surface area contributed by atoms with Gasteiger partial charge in [0.2, 0.25) is 11.8 Å². The fraction of sp³-hybridized carbons (Fsp3) is 0.579. The molecule has 1 saturated heterocycles. The van der Waals surface area contributed by atoms with Gasteiger partial charge in [-0.05, 0) is 24.6 Å². The normalized spacial score (nSPS) is 16.1. The van der Waals surface area contributed by atoms with Gasteiger partial charge in [0, 0.05) is 50.2 Å². The summed E-state index contributed by atoms with van der Waals surface area (Å²) in [5.74, 6) is -0.318. The molecule has 1 aromatic rings. The topological polar surface area (TPSA) is 96.7 Å². The van der Waals surface area contributed by atoms with Crippen LogP contribution in [0.15, 0.2) is 24.3 Å². The Morgan fingerprint density at radius 2 is 1.89 bits per heavy atom. The van der Waals surface area contributed by atoms with Gasteiger partial charge in [0.25, 0.3) is 0 Å². The van der Waals surface area contributed by atoms with Crippen LogP contribution in [0.3, 0.4) is 0 Å². The van der Waals surface area contributed by atoms with E-state index in [0.717, 1.165) is 44.1 Å². The SMILES string of the molecule is CC(N)C(C)C(=O)NCc1cccc(NC(=O)CCN2CCOCC2)c1.Cl.Cl.